The van der Waals surface area contributed by atoms with E-state index in [1.807, 2.05) is 27.7 Å². The molecule has 1 heteroatoms. The summed E-state index contributed by atoms with van der Waals surface area (Å²) in [5.74, 6) is 0.871. The lowest BCUT2D eigenvalue weighted by Gasteiger charge is -2.31. The van der Waals surface area contributed by atoms with Crippen LogP contribution in [0, 0.1) is 12.8 Å². The summed E-state index contributed by atoms with van der Waals surface area (Å²) in [4.78, 5) is 2.59. The summed E-state index contributed by atoms with van der Waals surface area (Å²) >= 11 is 0. The minimum Gasteiger partial charge on any atom is -0.303 e. The highest BCUT2D eigenvalue weighted by Gasteiger charge is 2.18. The Morgan fingerprint density at radius 2 is 1.85 bits per heavy atom. The number of piperidine rings is 1. The van der Waals surface area contributed by atoms with Gasteiger partial charge in [0.25, 0.3) is 0 Å². The van der Waals surface area contributed by atoms with Gasteiger partial charge in [-0.3, -0.25) is 0 Å². The smallest absolute Gasteiger partial charge is 0.00127 e. The molecule has 0 amide bonds. The van der Waals surface area contributed by atoms with E-state index in [1.165, 1.54) is 50.0 Å². The minimum absolute atomic E-state index is 0.871. The third kappa shape index (κ3) is 7.09. The van der Waals surface area contributed by atoms with Crippen molar-refractivity contribution < 1.29 is 0 Å². The minimum atomic E-state index is 0.871. The van der Waals surface area contributed by atoms with Crippen LogP contribution in [0.1, 0.15) is 58.6 Å². The zero-order valence-corrected chi connectivity index (χ0v) is 14.6. The Hall–Kier alpha value is -0.820. The Kier molecular flexibility index (Phi) is 11.5. The second-order valence-electron chi connectivity index (χ2n) is 5.09. The fourth-order valence-corrected chi connectivity index (χ4v) is 2.78. The highest BCUT2D eigenvalue weighted by atomic mass is 15.1. The molecule has 0 bridgehead atoms. The molecule has 1 fully saturated rings. The number of benzene rings is 1. The maximum absolute atomic E-state index is 2.59. The second kappa shape index (κ2) is 12.0. The van der Waals surface area contributed by atoms with Gasteiger partial charge in [-0.05, 0) is 50.8 Å². The predicted octanol–water partition coefficient (Wildman–Crippen LogP) is 5.32. The summed E-state index contributed by atoms with van der Waals surface area (Å²) < 4.78 is 0. The number of hydrogen-bond acceptors (Lipinski definition) is 1. The van der Waals surface area contributed by atoms with Crippen LogP contribution in [0.4, 0.5) is 0 Å². The van der Waals surface area contributed by atoms with E-state index in [0.29, 0.717) is 0 Å². The standard InChI is InChI=1S/C15H23N.2C2H6/c1-3-16-9-5-8-15(12-16)11-14-7-4-6-13(2)10-14;2*1-2/h4,6-7,10,15H,3,5,8-9,11-12H2,1-2H3;2*1-2H3. The predicted molar refractivity (Wildman–Crippen MR) is 92.4 cm³/mol. The molecule has 0 spiro atoms. The SMILES string of the molecule is CC.CC.CCN1CCCC(Cc2cccc(C)c2)C1. The van der Waals surface area contributed by atoms with Crippen molar-refractivity contribution in [2.45, 2.75) is 60.8 Å². The van der Waals surface area contributed by atoms with Gasteiger partial charge >= 0.3 is 0 Å². The van der Waals surface area contributed by atoms with E-state index < -0.39 is 0 Å². The van der Waals surface area contributed by atoms with Gasteiger partial charge in [0, 0.05) is 6.54 Å². The van der Waals surface area contributed by atoms with E-state index in [-0.39, 0.29) is 0 Å². The topological polar surface area (TPSA) is 3.24 Å². The van der Waals surface area contributed by atoms with E-state index in [2.05, 4.69) is 43.0 Å². The monoisotopic (exact) mass is 277 g/mol. The van der Waals surface area contributed by atoms with Crippen LogP contribution in [0.5, 0.6) is 0 Å². The van der Waals surface area contributed by atoms with Crippen LogP contribution in [0.25, 0.3) is 0 Å². The van der Waals surface area contributed by atoms with Crippen molar-refractivity contribution in [3.8, 4) is 0 Å². The largest absolute Gasteiger partial charge is 0.303 e. The second-order valence-corrected chi connectivity index (χ2v) is 5.09. The summed E-state index contributed by atoms with van der Waals surface area (Å²) in [6.45, 7) is 16.3. The van der Waals surface area contributed by atoms with E-state index in [9.17, 15) is 0 Å². The molecule has 1 heterocycles. The fraction of sp³-hybridized carbons (Fsp3) is 0.684. The van der Waals surface area contributed by atoms with Crippen molar-refractivity contribution in [3.63, 3.8) is 0 Å². The van der Waals surface area contributed by atoms with Crippen LogP contribution in [-0.2, 0) is 6.42 Å². The Balaban J connectivity index is 0.000000829. The molecular weight excluding hydrogens is 242 g/mol. The van der Waals surface area contributed by atoms with Crippen LogP contribution >= 0.6 is 0 Å². The molecule has 1 atom stereocenters. The normalized spacial score (nSPS) is 18.4. The van der Waals surface area contributed by atoms with Gasteiger partial charge in [-0.15, -0.1) is 0 Å². The number of nitrogens with zero attached hydrogens (tertiary/aromatic N) is 1. The molecule has 1 aromatic rings. The van der Waals surface area contributed by atoms with Gasteiger partial charge in [-0.25, -0.2) is 0 Å². The van der Waals surface area contributed by atoms with Crippen molar-refractivity contribution in [2.75, 3.05) is 19.6 Å². The summed E-state index contributed by atoms with van der Waals surface area (Å²) in [7, 11) is 0. The third-order valence-corrected chi connectivity index (χ3v) is 3.66. The summed E-state index contributed by atoms with van der Waals surface area (Å²) in [5.41, 5.74) is 2.91. The Morgan fingerprint density at radius 3 is 2.45 bits per heavy atom. The van der Waals surface area contributed by atoms with Crippen LogP contribution in [0.3, 0.4) is 0 Å². The molecule has 0 radical (unpaired) electrons. The van der Waals surface area contributed by atoms with Gasteiger partial charge in [-0.2, -0.15) is 0 Å². The Labute approximate surface area is 127 Å². The highest BCUT2D eigenvalue weighted by Crippen LogP contribution is 2.20. The van der Waals surface area contributed by atoms with Gasteiger partial charge in [0.05, 0.1) is 0 Å². The molecule has 116 valence electrons. The van der Waals surface area contributed by atoms with Crippen LogP contribution in [-0.4, -0.2) is 24.5 Å². The molecule has 2 rings (SSSR count). The van der Waals surface area contributed by atoms with E-state index in [0.717, 1.165) is 5.92 Å². The Morgan fingerprint density at radius 1 is 1.15 bits per heavy atom. The number of hydrogen-bond donors (Lipinski definition) is 0. The lowest BCUT2D eigenvalue weighted by molar-refractivity contribution is 0.182. The summed E-state index contributed by atoms with van der Waals surface area (Å²) in [5, 5.41) is 0. The quantitative estimate of drug-likeness (QED) is 0.722. The van der Waals surface area contributed by atoms with Crippen molar-refractivity contribution in [2.24, 2.45) is 5.92 Å². The number of likely N-dealkylation sites (tertiary alicyclic amines) is 1. The number of rotatable bonds is 3. The molecule has 0 aromatic heterocycles. The van der Waals surface area contributed by atoms with Gasteiger partial charge in [0.1, 0.15) is 0 Å². The first kappa shape index (κ1) is 19.2. The molecule has 1 saturated heterocycles. The average molecular weight is 277 g/mol. The first-order valence-corrected chi connectivity index (χ1v) is 8.56. The molecule has 1 aliphatic heterocycles. The molecule has 0 aliphatic carbocycles. The van der Waals surface area contributed by atoms with Crippen molar-refractivity contribution in [1.29, 1.82) is 0 Å². The van der Waals surface area contributed by atoms with E-state index >= 15 is 0 Å². The zero-order valence-electron chi connectivity index (χ0n) is 14.6. The van der Waals surface area contributed by atoms with Crippen LogP contribution in [0.15, 0.2) is 24.3 Å². The Bertz CT molecular complexity index is 332. The van der Waals surface area contributed by atoms with Crippen LogP contribution in [0.2, 0.25) is 0 Å². The first-order valence-electron chi connectivity index (χ1n) is 8.56. The molecule has 1 aliphatic rings. The fourth-order valence-electron chi connectivity index (χ4n) is 2.78. The van der Waals surface area contributed by atoms with E-state index in [4.69, 9.17) is 0 Å². The zero-order chi connectivity index (χ0) is 15.4. The lowest BCUT2D eigenvalue weighted by atomic mass is 9.91. The molecule has 1 unspecified atom stereocenters. The molecule has 20 heavy (non-hydrogen) atoms. The lowest BCUT2D eigenvalue weighted by Crippen LogP contribution is -2.35. The number of aryl methyl sites for hydroxylation is 1. The molecular formula is C19H35N. The van der Waals surface area contributed by atoms with Crippen molar-refractivity contribution in [1.82, 2.24) is 4.90 Å². The van der Waals surface area contributed by atoms with Crippen molar-refractivity contribution >= 4 is 0 Å². The average Bonchev–Trinajstić information content (AvgIpc) is 2.51. The molecule has 0 saturated carbocycles. The van der Waals surface area contributed by atoms with Crippen LogP contribution < -0.4 is 0 Å². The summed E-state index contributed by atoms with van der Waals surface area (Å²) in [6, 6.07) is 8.98. The molecule has 0 N–H and O–H groups in total. The van der Waals surface area contributed by atoms with Gasteiger partial charge in [0.2, 0.25) is 0 Å². The van der Waals surface area contributed by atoms with Crippen molar-refractivity contribution in [3.05, 3.63) is 35.4 Å². The van der Waals surface area contributed by atoms with E-state index in [1.54, 1.807) is 0 Å². The summed E-state index contributed by atoms with van der Waals surface area (Å²) in [6.07, 6.45) is 4.05. The maximum Gasteiger partial charge on any atom is 0.00127 e. The van der Waals surface area contributed by atoms with Gasteiger partial charge in [0.15, 0.2) is 0 Å². The highest BCUT2D eigenvalue weighted by molar-refractivity contribution is 5.22. The molecule has 1 nitrogen and oxygen atoms in total. The third-order valence-electron chi connectivity index (χ3n) is 3.66. The van der Waals surface area contributed by atoms with Gasteiger partial charge < -0.3 is 4.90 Å². The van der Waals surface area contributed by atoms with Gasteiger partial charge in [-0.1, -0.05) is 64.4 Å². The molecule has 1 aromatic carbocycles. The first-order chi connectivity index (χ1) is 9.78. The maximum atomic E-state index is 2.59.